The maximum atomic E-state index is 13.2. The van der Waals surface area contributed by atoms with Crippen LogP contribution in [0.4, 0.5) is 0 Å². The summed E-state index contributed by atoms with van der Waals surface area (Å²) in [6, 6.07) is 5.44. The third-order valence-corrected chi connectivity index (χ3v) is 4.65. The number of hydrogen-bond acceptors (Lipinski definition) is 5. The third kappa shape index (κ3) is 4.25. The zero-order chi connectivity index (χ0) is 20.0. The number of Topliss-reactive ketones (excluding diaryl/α,β-unsaturated/α-hetero) is 2. The smallest absolute Gasteiger partial charge is 0.320 e. The molecule has 1 atom stereocenters. The normalized spacial score (nSPS) is 18.6. The lowest BCUT2D eigenvalue weighted by atomic mass is 9.79. The first kappa shape index (κ1) is 20.8. The number of fused-ring (bicyclic) bond motifs is 1. The lowest BCUT2D eigenvalue weighted by Crippen LogP contribution is -2.41. The SMILES string of the molecule is C=C(/C=C\C)c1ccc2c(c1)C(=O)C(CC(=O)COCC)(C(=O)OCC)C2. The zero-order valence-corrected chi connectivity index (χ0v) is 16.2. The van der Waals surface area contributed by atoms with Crippen LogP contribution in [0, 0.1) is 5.41 Å². The molecule has 5 heteroatoms. The van der Waals surface area contributed by atoms with Crippen LogP contribution in [0.5, 0.6) is 0 Å². The molecule has 1 aliphatic rings. The molecule has 0 fully saturated rings. The van der Waals surface area contributed by atoms with Gasteiger partial charge in [0.2, 0.25) is 0 Å². The molecule has 0 spiro atoms. The van der Waals surface area contributed by atoms with Gasteiger partial charge in [0.25, 0.3) is 0 Å². The van der Waals surface area contributed by atoms with Crippen LogP contribution in [0.15, 0.2) is 36.9 Å². The average molecular weight is 370 g/mol. The molecule has 0 aliphatic heterocycles. The number of hydrogen-bond donors (Lipinski definition) is 0. The average Bonchev–Trinajstić information content (AvgIpc) is 2.93. The van der Waals surface area contributed by atoms with E-state index in [1.807, 2.05) is 31.2 Å². The topological polar surface area (TPSA) is 69.7 Å². The molecule has 0 saturated carbocycles. The minimum atomic E-state index is -1.51. The predicted molar refractivity (Wildman–Crippen MR) is 104 cm³/mol. The van der Waals surface area contributed by atoms with Crippen molar-refractivity contribution in [2.75, 3.05) is 19.8 Å². The highest BCUT2D eigenvalue weighted by molar-refractivity contribution is 6.18. The van der Waals surface area contributed by atoms with E-state index in [2.05, 4.69) is 6.58 Å². The van der Waals surface area contributed by atoms with Gasteiger partial charge in [0.05, 0.1) is 6.61 Å². The van der Waals surface area contributed by atoms with Gasteiger partial charge in [-0.05, 0) is 50.0 Å². The molecule has 1 aliphatic carbocycles. The minimum absolute atomic E-state index is 0.120. The van der Waals surface area contributed by atoms with Crippen molar-refractivity contribution in [3.05, 3.63) is 53.6 Å². The largest absolute Gasteiger partial charge is 0.465 e. The van der Waals surface area contributed by atoms with E-state index in [9.17, 15) is 14.4 Å². The Labute approximate surface area is 160 Å². The quantitative estimate of drug-likeness (QED) is 0.378. The first-order valence-corrected chi connectivity index (χ1v) is 9.16. The third-order valence-electron chi connectivity index (χ3n) is 4.65. The van der Waals surface area contributed by atoms with E-state index >= 15 is 0 Å². The highest BCUT2D eigenvalue weighted by Crippen LogP contribution is 2.42. The van der Waals surface area contributed by atoms with Crippen LogP contribution >= 0.6 is 0 Å². The minimum Gasteiger partial charge on any atom is -0.465 e. The van der Waals surface area contributed by atoms with E-state index in [1.165, 1.54) is 0 Å². The van der Waals surface area contributed by atoms with Crippen molar-refractivity contribution in [3.63, 3.8) is 0 Å². The van der Waals surface area contributed by atoms with E-state index in [4.69, 9.17) is 9.47 Å². The summed E-state index contributed by atoms with van der Waals surface area (Å²) in [5, 5.41) is 0. The van der Waals surface area contributed by atoms with Crippen molar-refractivity contribution in [2.45, 2.75) is 33.6 Å². The molecule has 0 radical (unpaired) electrons. The molecule has 0 N–H and O–H groups in total. The molecule has 1 aromatic rings. The number of esters is 1. The Morgan fingerprint density at radius 1 is 1.26 bits per heavy atom. The molecular weight excluding hydrogens is 344 g/mol. The summed E-state index contributed by atoms with van der Waals surface area (Å²) in [6.45, 7) is 9.76. The maximum absolute atomic E-state index is 13.2. The Bertz CT molecular complexity index is 790. The summed E-state index contributed by atoms with van der Waals surface area (Å²) in [7, 11) is 0. The highest BCUT2D eigenvalue weighted by atomic mass is 16.5. The number of rotatable bonds is 9. The molecule has 144 valence electrons. The number of carbonyl (C=O) groups excluding carboxylic acids is 3. The Balaban J connectivity index is 2.40. The molecule has 0 bridgehead atoms. The van der Waals surface area contributed by atoms with Gasteiger partial charge in [-0.3, -0.25) is 14.4 Å². The second-order valence-corrected chi connectivity index (χ2v) is 6.56. The Hall–Kier alpha value is -2.53. The summed E-state index contributed by atoms with van der Waals surface area (Å²) in [5.74, 6) is -1.30. The van der Waals surface area contributed by atoms with E-state index < -0.39 is 11.4 Å². The van der Waals surface area contributed by atoms with E-state index in [-0.39, 0.29) is 37.6 Å². The van der Waals surface area contributed by atoms with Crippen LogP contribution in [0.2, 0.25) is 0 Å². The molecule has 5 nitrogen and oxygen atoms in total. The van der Waals surface area contributed by atoms with Crippen molar-refractivity contribution in [1.82, 2.24) is 0 Å². The van der Waals surface area contributed by atoms with E-state index in [0.717, 1.165) is 16.7 Å². The van der Waals surface area contributed by atoms with Gasteiger partial charge in [-0.15, -0.1) is 0 Å². The Kier molecular flexibility index (Phi) is 6.86. The molecule has 2 rings (SSSR count). The fourth-order valence-electron chi connectivity index (χ4n) is 3.35. The zero-order valence-electron chi connectivity index (χ0n) is 16.2. The summed E-state index contributed by atoms with van der Waals surface area (Å²) in [6.07, 6.45) is 3.66. The molecule has 1 aromatic carbocycles. The molecular formula is C22H26O5. The monoisotopic (exact) mass is 370 g/mol. The fourth-order valence-corrected chi connectivity index (χ4v) is 3.35. The van der Waals surface area contributed by atoms with Crippen LogP contribution in [-0.4, -0.2) is 37.4 Å². The summed E-state index contributed by atoms with van der Waals surface area (Å²) in [5.41, 5.74) is 1.27. The summed E-state index contributed by atoms with van der Waals surface area (Å²) >= 11 is 0. The van der Waals surface area contributed by atoms with Gasteiger partial charge in [-0.1, -0.05) is 30.9 Å². The first-order chi connectivity index (χ1) is 12.9. The molecule has 0 amide bonds. The summed E-state index contributed by atoms with van der Waals surface area (Å²) < 4.78 is 10.3. The number of ketones is 2. The fraction of sp³-hybridized carbons (Fsp3) is 0.409. The van der Waals surface area contributed by atoms with Crippen molar-refractivity contribution < 1.29 is 23.9 Å². The van der Waals surface area contributed by atoms with Gasteiger partial charge in [0, 0.05) is 18.6 Å². The Morgan fingerprint density at radius 2 is 2.00 bits per heavy atom. The molecule has 27 heavy (non-hydrogen) atoms. The van der Waals surface area contributed by atoms with E-state index in [1.54, 1.807) is 19.9 Å². The van der Waals surface area contributed by atoms with Gasteiger partial charge < -0.3 is 9.47 Å². The summed E-state index contributed by atoms with van der Waals surface area (Å²) in [4.78, 5) is 38.3. The maximum Gasteiger partial charge on any atom is 0.320 e. The van der Waals surface area contributed by atoms with Crippen molar-refractivity contribution in [1.29, 1.82) is 0 Å². The van der Waals surface area contributed by atoms with E-state index in [0.29, 0.717) is 12.2 Å². The van der Waals surface area contributed by atoms with Crippen LogP contribution in [0.25, 0.3) is 5.57 Å². The first-order valence-electron chi connectivity index (χ1n) is 9.16. The molecule has 0 heterocycles. The van der Waals surface area contributed by atoms with Gasteiger partial charge in [-0.25, -0.2) is 0 Å². The molecule has 1 unspecified atom stereocenters. The van der Waals surface area contributed by atoms with Gasteiger partial charge in [0.15, 0.2) is 11.6 Å². The number of carbonyl (C=O) groups is 3. The van der Waals surface area contributed by atoms with Gasteiger partial charge >= 0.3 is 5.97 Å². The number of benzene rings is 1. The van der Waals surface area contributed by atoms with Crippen LogP contribution in [0.3, 0.4) is 0 Å². The second-order valence-electron chi connectivity index (χ2n) is 6.56. The highest BCUT2D eigenvalue weighted by Gasteiger charge is 2.53. The van der Waals surface area contributed by atoms with Crippen LogP contribution < -0.4 is 0 Å². The predicted octanol–water partition coefficient (Wildman–Crippen LogP) is 3.56. The number of ether oxygens (including phenoxy) is 2. The van der Waals surface area contributed by atoms with Crippen LogP contribution in [-0.2, 0) is 25.5 Å². The van der Waals surface area contributed by atoms with Crippen molar-refractivity contribution in [3.8, 4) is 0 Å². The molecule has 0 saturated heterocycles. The van der Waals surface area contributed by atoms with Crippen molar-refractivity contribution in [2.24, 2.45) is 5.41 Å². The van der Waals surface area contributed by atoms with Gasteiger partial charge in [-0.2, -0.15) is 0 Å². The Morgan fingerprint density at radius 3 is 2.63 bits per heavy atom. The van der Waals surface area contributed by atoms with Gasteiger partial charge in [0.1, 0.15) is 12.0 Å². The number of allylic oxidation sites excluding steroid dienone is 3. The van der Waals surface area contributed by atoms with Crippen molar-refractivity contribution >= 4 is 23.1 Å². The lowest BCUT2D eigenvalue weighted by molar-refractivity contribution is -0.154. The van der Waals surface area contributed by atoms with Crippen LogP contribution in [0.1, 0.15) is 48.7 Å². The standard InChI is InChI=1S/C22H26O5/c1-5-8-15(4)16-9-10-17-12-22(21(25)27-7-3,20(24)19(17)11-16)13-18(23)14-26-6-2/h5,8-11H,4,6-7,12-14H2,1-3H3/b8-5-. The second kappa shape index (κ2) is 8.91. The molecule has 0 aromatic heterocycles. The lowest BCUT2D eigenvalue weighted by Gasteiger charge is -2.24.